The van der Waals surface area contributed by atoms with Crippen LogP contribution in [0.1, 0.15) is 29.3 Å². The number of benzene rings is 2. The highest BCUT2D eigenvalue weighted by Gasteiger charge is 2.21. The second-order valence-corrected chi connectivity index (χ2v) is 10.00. The lowest BCUT2D eigenvalue weighted by molar-refractivity contribution is 0.0937. The van der Waals surface area contributed by atoms with Gasteiger partial charge in [0.1, 0.15) is 5.56 Å². The van der Waals surface area contributed by atoms with Crippen molar-refractivity contribution in [2.24, 2.45) is 7.05 Å². The number of rotatable bonds is 7. The molecule has 1 N–H and O–H groups in total. The van der Waals surface area contributed by atoms with Gasteiger partial charge < -0.3 is 9.88 Å². The smallest absolute Gasteiger partial charge is 0.256 e. The number of hydrogen-bond donors (Lipinski definition) is 1. The van der Waals surface area contributed by atoms with Crippen molar-refractivity contribution in [2.75, 3.05) is 14.1 Å². The number of nitrogens with zero attached hydrogens (tertiary/aromatic N) is 2. The van der Waals surface area contributed by atoms with Crippen molar-refractivity contribution in [1.82, 2.24) is 14.2 Å². The van der Waals surface area contributed by atoms with Crippen LogP contribution < -0.4 is 10.7 Å². The van der Waals surface area contributed by atoms with E-state index in [2.05, 4.69) is 5.32 Å². The van der Waals surface area contributed by atoms with Gasteiger partial charge in [0.05, 0.1) is 10.4 Å². The summed E-state index contributed by atoms with van der Waals surface area (Å²) in [6.45, 7) is 1.90. The highest BCUT2D eigenvalue weighted by molar-refractivity contribution is 7.89. The fourth-order valence-electron chi connectivity index (χ4n) is 3.41. The number of carbonyl (C=O) groups excluding carboxylic acids is 1. The van der Waals surface area contributed by atoms with Crippen LogP contribution in [0.4, 0.5) is 0 Å². The number of pyridine rings is 1. The Morgan fingerprint density at radius 2 is 1.81 bits per heavy atom. The van der Waals surface area contributed by atoms with Crippen LogP contribution in [0.3, 0.4) is 0 Å². The van der Waals surface area contributed by atoms with Crippen LogP contribution in [0, 0.1) is 0 Å². The second-order valence-electron chi connectivity index (χ2n) is 7.85. The Balaban J connectivity index is 1.88. The summed E-state index contributed by atoms with van der Waals surface area (Å²) in [5.74, 6) is -0.469. The zero-order valence-corrected chi connectivity index (χ0v) is 18.9. The molecule has 8 heteroatoms. The fraction of sp³-hybridized carbons (Fsp3) is 0.304. The van der Waals surface area contributed by atoms with Gasteiger partial charge in [0.15, 0.2) is 0 Å². The normalized spacial score (nSPS) is 12.8. The standard InChI is InChI=1S/C23H27N3O4S/c1-16(10-11-17-8-6-5-7-9-17)24-23(28)20-15-26(4)21-13-12-18(14-19(21)22(20)27)31(29,30)25(2)3/h5-9,12-16H,10-11H2,1-4H3,(H,24,28)/t16-/m0/s1. The molecule has 0 saturated carbocycles. The molecule has 0 unspecified atom stereocenters. The summed E-state index contributed by atoms with van der Waals surface area (Å²) >= 11 is 0. The monoisotopic (exact) mass is 441 g/mol. The summed E-state index contributed by atoms with van der Waals surface area (Å²) in [6.07, 6.45) is 3.03. The Morgan fingerprint density at radius 1 is 1.13 bits per heavy atom. The van der Waals surface area contributed by atoms with E-state index in [-0.39, 0.29) is 21.9 Å². The van der Waals surface area contributed by atoms with Gasteiger partial charge in [-0.25, -0.2) is 12.7 Å². The molecular weight excluding hydrogens is 414 g/mol. The van der Waals surface area contributed by atoms with Crippen LogP contribution in [-0.2, 0) is 23.5 Å². The lowest BCUT2D eigenvalue weighted by Crippen LogP contribution is -2.36. The van der Waals surface area contributed by atoms with Gasteiger partial charge in [-0.1, -0.05) is 30.3 Å². The first-order chi connectivity index (χ1) is 14.6. The fourth-order valence-corrected chi connectivity index (χ4v) is 4.33. The average Bonchev–Trinajstić information content (AvgIpc) is 2.75. The van der Waals surface area contributed by atoms with Crippen LogP contribution >= 0.6 is 0 Å². The number of amides is 1. The second kappa shape index (κ2) is 9.03. The molecule has 1 atom stereocenters. The van der Waals surface area contributed by atoms with Gasteiger partial charge >= 0.3 is 0 Å². The predicted octanol–water partition coefficient (Wildman–Crippen LogP) is 2.54. The van der Waals surface area contributed by atoms with E-state index in [9.17, 15) is 18.0 Å². The number of carbonyl (C=O) groups is 1. The van der Waals surface area contributed by atoms with Crippen molar-refractivity contribution < 1.29 is 13.2 Å². The van der Waals surface area contributed by atoms with E-state index in [0.717, 1.165) is 17.1 Å². The molecule has 0 spiro atoms. The molecule has 0 aliphatic rings. The minimum absolute atomic E-state index is 0.0101. The third-order valence-corrected chi connectivity index (χ3v) is 7.08. The van der Waals surface area contributed by atoms with Gasteiger partial charge in [-0.3, -0.25) is 9.59 Å². The van der Waals surface area contributed by atoms with Gasteiger partial charge in [-0.2, -0.15) is 0 Å². The molecule has 0 aliphatic carbocycles. The number of sulfonamides is 1. The maximum absolute atomic E-state index is 13.0. The summed E-state index contributed by atoms with van der Waals surface area (Å²) in [5.41, 5.74) is 1.23. The van der Waals surface area contributed by atoms with E-state index in [4.69, 9.17) is 0 Å². The molecule has 0 fully saturated rings. The summed E-state index contributed by atoms with van der Waals surface area (Å²) in [7, 11) is 0.878. The molecule has 0 bridgehead atoms. The molecule has 31 heavy (non-hydrogen) atoms. The lowest BCUT2D eigenvalue weighted by atomic mass is 10.1. The first kappa shape index (κ1) is 22.7. The molecular formula is C23H27N3O4S. The van der Waals surface area contributed by atoms with Crippen molar-refractivity contribution in [1.29, 1.82) is 0 Å². The van der Waals surface area contributed by atoms with Crippen LogP contribution in [0.25, 0.3) is 10.9 Å². The topological polar surface area (TPSA) is 88.5 Å². The molecule has 2 aromatic carbocycles. The highest BCUT2D eigenvalue weighted by atomic mass is 32.2. The van der Waals surface area contributed by atoms with Crippen LogP contribution in [0.5, 0.6) is 0 Å². The van der Waals surface area contributed by atoms with Gasteiger partial charge in [0, 0.05) is 38.8 Å². The molecule has 7 nitrogen and oxygen atoms in total. The number of nitrogens with one attached hydrogen (secondary N) is 1. The zero-order chi connectivity index (χ0) is 22.8. The average molecular weight is 442 g/mol. The number of aryl methyl sites for hydroxylation is 2. The van der Waals surface area contributed by atoms with Gasteiger partial charge in [0.2, 0.25) is 15.5 Å². The van der Waals surface area contributed by atoms with Crippen molar-refractivity contribution in [2.45, 2.75) is 30.7 Å². The predicted molar refractivity (Wildman–Crippen MR) is 122 cm³/mol. The first-order valence-electron chi connectivity index (χ1n) is 10.0. The number of fused-ring (bicyclic) bond motifs is 1. The number of hydrogen-bond acceptors (Lipinski definition) is 4. The van der Waals surface area contributed by atoms with Gasteiger partial charge in [-0.05, 0) is 43.5 Å². The molecule has 1 aromatic heterocycles. The van der Waals surface area contributed by atoms with Gasteiger partial charge in [0.25, 0.3) is 5.91 Å². The molecule has 3 aromatic rings. The molecule has 0 radical (unpaired) electrons. The largest absolute Gasteiger partial charge is 0.350 e. The molecule has 0 aliphatic heterocycles. The SMILES string of the molecule is C[C@@H](CCc1ccccc1)NC(=O)c1cn(C)c2ccc(S(=O)(=O)N(C)C)cc2c1=O. The van der Waals surface area contributed by atoms with Crippen LogP contribution in [0.2, 0.25) is 0 Å². The first-order valence-corrected chi connectivity index (χ1v) is 11.5. The Bertz CT molecular complexity index is 1270. The molecule has 1 amide bonds. The molecule has 3 rings (SSSR count). The summed E-state index contributed by atoms with van der Waals surface area (Å²) < 4.78 is 27.7. The lowest BCUT2D eigenvalue weighted by Gasteiger charge is -2.16. The van der Waals surface area contributed by atoms with E-state index in [0.29, 0.717) is 5.52 Å². The van der Waals surface area contributed by atoms with E-state index in [1.165, 1.54) is 38.0 Å². The molecule has 1 heterocycles. The molecule has 0 saturated heterocycles. The maximum atomic E-state index is 13.0. The summed E-state index contributed by atoms with van der Waals surface area (Å²) in [6, 6.07) is 14.2. The maximum Gasteiger partial charge on any atom is 0.256 e. The van der Waals surface area contributed by atoms with Crippen LogP contribution in [0.15, 0.2) is 64.4 Å². The minimum atomic E-state index is -3.70. The minimum Gasteiger partial charge on any atom is -0.350 e. The molecule has 164 valence electrons. The van der Waals surface area contributed by atoms with Crippen molar-refractivity contribution in [3.63, 3.8) is 0 Å². The zero-order valence-electron chi connectivity index (χ0n) is 18.1. The third kappa shape index (κ3) is 4.86. The summed E-state index contributed by atoms with van der Waals surface area (Å²) in [5, 5.41) is 3.07. The Morgan fingerprint density at radius 3 is 2.45 bits per heavy atom. The van der Waals surface area contributed by atoms with Crippen LogP contribution in [-0.4, -0.2) is 43.3 Å². The Labute approximate surface area is 182 Å². The summed E-state index contributed by atoms with van der Waals surface area (Å²) in [4.78, 5) is 25.9. The Kier molecular flexibility index (Phi) is 6.62. The van der Waals surface area contributed by atoms with Gasteiger partial charge in [-0.15, -0.1) is 0 Å². The van der Waals surface area contributed by atoms with Crippen molar-refractivity contribution >= 4 is 26.8 Å². The Hall–Kier alpha value is -2.97. The quantitative estimate of drug-likeness (QED) is 0.610. The van der Waals surface area contributed by atoms with E-state index in [1.807, 2.05) is 37.3 Å². The van der Waals surface area contributed by atoms with Crippen molar-refractivity contribution in [3.05, 3.63) is 76.1 Å². The van der Waals surface area contributed by atoms with E-state index >= 15 is 0 Å². The highest BCUT2D eigenvalue weighted by Crippen LogP contribution is 2.19. The third-order valence-electron chi connectivity index (χ3n) is 5.27. The number of aromatic nitrogens is 1. The van der Waals surface area contributed by atoms with E-state index < -0.39 is 21.4 Å². The van der Waals surface area contributed by atoms with Crippen molar-refractivity contribution in [3.8, 4) is 0 Å². The van der Waals surface area contributed by atoms with E-state index in [1.54, 1.807) is 17.7 Å².